The van der Waals surface area contributed by atoms with Crippen LogP contribution in [0.2, 0.25) is 0 Å². The Labute approximate surface area is 92.1 Å². The summed E-state index contributed by atoms with van der Waals surface area (Å²) < 4.78 is 0. The molecule has 0 bridgehead atoms. The Balaban J connectivity index is 3.38. The first-order chi connectivity index (χ1) is 7.10. The van der Waals surface area contributed by atoms with E-state index in [2.05, 4.69) is 45.9 Å². The molecule has 0 saturated carbocycles. The van der Waals surface area contributed by atoms with Crippen molar-refractivity contribution in [1.82, 2.24) is 0 Å². The lowest BCUT2D eigenvalue weighted by Gasteiger charge is -2.10. The summed E-state index contributed by atoms with van der Waals surface area (Å²) in [5.41, 5.74) is 5.53. The van der Waals surface area contributed by atoms with E-state index in [0.29, 0.717) is 0 Å². The predicted molar refractivity (Wildman–Crippen MR) is 64.5 cm³/mol. The van der Waals surface area contributed by atoms with E-state index in [-0.39, 0.29) is 0 Å². The maximum atomic E-state index is 9.11. The highest BCUT2D eigenvalue weighted by molar-refractivity contribution is 5.80. The molecule has 0 atom stereocenters. The van der Waals surface area contributed by atoms with E-state index in [1.54, 1.807) is 0 Å². The number of rotatable bonds is 2. The number of hydrogen-bond acceptors (Lipinski definition) is 1. The van der Waals surface area contributed by atoms with Crippen molar-refractivity contribution < 1.29 is 0 Å². The van der Waals surface area contributed by atoms with Crippen molar-refractivity contribution in [3.8, 4) is 6.07 Å². The van der Waals surface area contributed by atoms with Gasteiger partial charge in [0.2, 0.25) is 0 Å². The summed E-state index contributed by atoms with van der Waals surface area (Å²) >= 11 is 0. The van der Waals surface area contributed by atoms with Gasteiger partial charge in [0.25, 0.3) is 0 Å². The number of nitrogens with zero attached hydrogens (tertiary/aromatic N) is 1. The zero-order valence-electron chi connectivity index (χ0n) is 9.89. The van der Waals surface area contributed by atoms with E-state index < -0.39 is 0 Å². The third kappa shape index (κ3) is 2.47. The fraction of sp³-hybridized carbons (Fsp3) is 0.357. The lowest BCUT2D eigenvalue weighted by atomic mass is 9.94. The van der Waals surface area contributed by atoms with Crippen molar-refractivity contribution in [3.05, 3.63) is 40.5 Å². The third-order valence-corrected chi connectivity index (χ3v) is 2.48. The van der Waals surface area contributed by atoms with Gasteiger partial charge in [0, 0.05) is 0 Å². The topological polar surface area (TPSA) is 23.8 Å². The Hall–Kier alpha value is -1.55. The summed E-state index contributed by atoms with van der Waals surface area (Å²) in [4.78, 5) is 0. The van der Waals surface area contributed by atoms with E-state index in [1.807, 2.05) is 6.08 Å². The largest absolute Gasteiger partial charge is 0.192 e. The molecule has 0 radical (unpaired) electrons. The van der Waals surface area contributed by atoms with Gasteiger partial charge < -0.3 is 0 Å². The molecule has 1 nitrogen and oxygen atoms in total. The first-order valence-corrected chi connectivity index (χ1v) is 5.28. The molecular formula is C14H17N. The van der Waals surface area contributed by atoms with Gasteiger partial charge in [0.1, 0.15) is 0 Å². The van der Waals surface area contributed by atoms with Gasteiger partial charge >= 0.3 is 0 Å². The van der Waals surface area contributed by atoms with Crippen LogP contribution in [0.4, 0.5) is 0 Å². The molecule has 0 aromatic heterocycles. The van der Waals surface area contributed by atoms with Gasteiger partial charge in [-0.05, 0) is 43.9 Å². The summed E-state index contributed by atoms with van der Waals surface area (Å²) in [5.74, 6) is 0. The zero-order valence-corrected chi connectivity index (χ0v) is 9.89. The van der Waals surface area contributed by atoms with Gasteiger partial charge in [-0.3, -0.25) is 0 Å². The van der Waals surface area contributed by atoms with Gasteiger partial charge in [-0.25, -0.2) is 0 Å². The van der Waals surface area contributed by atoms with Crippen LogP contribution < -0.4 is 0 Å². The quantitative estimate of drug-likeness (QED) is 0.662. The van der Waals surface area contributed by atoms with Crippen LogP contribution in [0, 0.1) is 32.1 Å². The molecule has 1 rings (SSSR count). The number of aryl methyl sites for hydroxylation is 3. The molecule has 78 valence electrons. The van der Waals surface area contributed by atoms with E-state index in [0.717, 1.165) is 17.6 Å². The van der Waals surface area contributed by atoms with Gasteiger partial charge in [-0.2, -0.15) is 5.26 Å². The minimum atomic E-state index is 0.799. The number of benzene rings is 1. The molecule has 0 fully saturated rings. The van der Waals surface area contributed by atoms with Crippen molar-refractivity contribution in [3.63, 3.8) is 0 Å². The zero-order chi connectivity index (χ0) is 11.4. The highest BCUT2D eigenvalue weighted by Crippen LogP contribution is 2.24. The summed E-state index contributed by atoms with van der Waals surface area (Å²) in [6.07, 6.45) is 2.89. The van der Waals surface area contributed by atoms with Crippen molar-refractivity contribution in [2.24, 2.45) is 0 Å². The molecule has 0 heterocycles. The van der Waals surface area contributed by atoms with Crippen LogP contribution in [0.1, 0.15) is 35.6 Å². The van der Waals surface area contributed by atoms with Crippen LogP contribution in [0.15, 0.2) is 18.2 Å². The van der Waals surface area contributed by atoms with Gasteiger partial charge in [0.15, 0.2) is 0 Å². The molecule has 15 heavy (non-hydrogen) atoms. The highest BCUT2D eigenvalue weighted by Gasteiger charge is 2.07. The van der Waals surface area contributed by atoms with Gasteiger partial charge in [-0.1, -0.05) is 30.7 Å². The number of nitriles is 1. The smallest absolute Gasteiger partial charge is 0.0994 e. The van der Waals surface area contributed by atoms with E-state index in [1.165, 1.54) is 16.7 Å². The van der Waals surface area contributed by atoms with Crippen LogP contribution >= 0.6 is 0 Å². The van der Waals surface area contributed by atoms with Gasteiger partial charge in [-0.15, -0.1) is 0 Å². The monoisotopic (exact) mass is 199 g/mol. The molecule has 0 spiro atoms. The first-order valence-electron chi connectivity index (χ1n) is 5.28. The molecule has 0 aliphatic carbocycles. The Bertz CT molecular complexity index is 410. The molecule has 0 N–H and O–H groups in total. The second-order valence-corrected chi connectivity index (χ2v) is 3.91. The highest BCUT2D eigenvalue weighted by atomic mass is 14.3. The number of allylic oxidation sites excluding steroid dienone is 2. The Morgan fingerprint density at radius 1 is 1.27 bits per heavy atom. The summed E-state index contributed by atoms with van der Waals surface area (Å²) in [5, 5.41) is 9.11. The average Bonchev–Trinajstić information content (AvgIpc) is 2.14. The van der Waals surface area contributed by atoms with Crippen molar-refractivity contribution in [2.75, 3.05) is 0 Å². The van der Waals surface area contributed by atoms with Crippen molar-refractivity contribution in [1.29, 1.82) is 5.26 Å². The normalized spacial score (nSPS) is 11.3. The second-order valence-electron chi connectivity index (χ2n) is 3.91. The molecule has 1 heteroatoms. The molecule has 0 aliphatic heterocycles. The Morgan fingerprint density at radius 2 is 1.80 bits per heavy atom. The SMILES string of the molecule is CC/C=C(\C#N)c1c(C)cc(C)cc1C. The minimum Gasteiger partial charge on any atom is -0.192 e. The fourth-order valence-electron chi connectivity index (χ4n) is 2.01. The lowest BCUT2D eigenvalue weighted by Crippen LogP contribution is -1.93. The Kier molecular flexibility index (Phi) is 3.68. The molecule has 0 amide bonds. The number of hydrogen-bond donors (Lipinski definition) is 0. The maximum absolute atomic E-state index is 9.11. The summed E-state index contributed by atoms with van der Waals surface area (Å²) in [6, 6.07) is 6.54. The molecule has 0 unspecified atom stereocenters. The maximum Gasteiger partial charge on any atom is 0.0994 e. The third-order valence-electron chi connectivity index (χ3n) is 2.48. The van der Waals surface area contributed by atoms with E-state index >= 15 is 0 Å². The molecule has 1 aromatic rings. The van der Waals surface area contributed by atoms with Crippen molar-refractivity contribution in [2.45, 2.75) is 34.1 Å². The average molecular weight is 199 g/mol. The summed E-state index contributed by atoms with van der Waals surface area (Å²) in [6.45, 7) is 8.27. The second kappa shape index (κ2) is 4.79. The fourth-order valence-corrected chi connectivity index (χ4v) is 2.01. The van der Waals surface area contributed by atoms with Crippen LogP contribution in [-0.2, 0) is 0 Å². The molecule has 0 saturated heterocycles. The molecular weight excluding hydrogens is 182 g/mol. The van der Waals surface area contributed by atoms with Crippen LogP contribution in [0.3, 0.4) is 0 Å². The van der Waals surface area contributed by atoms with Crippen LogP contribution in [0.5, 0.6) is 0 Å². The van der Waals surface area contributed by atoms with E-state index in [4.69, 9.17) is 5.26 Å². The Morgan fingerprint density at radius 3 is 2.20 bits per heavy atom. The van der Waals surface area contributed by atoms with Crippen LogP contribution in [-0.4, -0.2) is 0 Å². The van der Waals surface area contributed by atoms with E-state index in [9.17, 15) is 0 Å². The lowest BCUT2D eigenvalue weighted by molar-refractivity contribution is 1.22. The minimum absolute atomic E-state index is 0.799. The first kappa shape index (κ1) is 11.5. The standard InChI is InChI=1S/C14H17N/c1-5-6-13(9-15)14-11(3)7-10(2)8-12(14)4/h6-8H,5H2,1-4H3/b13-6+. The van der Waals surface area contributed by atoms with Gasteiger partial charge in [0.05, 0.1) is 11.6 Å². The predicted octanol–water partition coefficient (Wildman–Crippen LogP) is 3.93. The van der Waals surface area contributed by atoms with Crippen LogP contribution in [0.25, 0.3) is 5.57 Å². The molecule has 0 aliphatic rings. The summed E-state index contributed by atoms with van der Waals surface area (Å²) in [7, 11) is 0. The molecule has 1 aromatic carbocycles. The van der Waals surface area contributed by atoms with Crippen molar-refractivity contribution >= 4 is 5.57 Å².